The van der Waals surface area contributed by atoms with Crippen LogP contribution in [0.25, 0.3) is 11.1 Å². The molecule has 0 bridgehead atoms. The molecule has 0 aliphatic rings. The van der Waals surface area contributed by atoms with E-state index >= 15 is 0 Å². The Kier molecular flexibility index (Phi) is 4.23. The van der Waals surface area contributed by atoms with Crippen LogP contribution in [0.5, 0.6) is 5.75 Å². The summed E-state index contributed by atoms with van der Waals surface area (Å²) in [5, 5.41) is 2.72. The van der Waals surface area contributed by atoms with Crippen LogP contribution in [0.3, 0.4) is 0 Å². The Bertz CT molecular complexity index is 845. The molecule has 1 heterocycles. The molecule has 0 atom stereocenters. The fourth-order valence-electron chi connectivity index (χ4n) is 2.15. The van der Waals surface area contributed by atoms with E-state index in [0.717, 1.165) is 11.1 Å². The molecule has 1 N–H and O–H groups in total. The summed E-state index contributed by atoms with van der Waals surface area (Å²) in [5.74, 6) is -0.168. The third kappa shape index (κ3) is 3.66. The van der Waals surface area contributed by atoms with Gasteiger partial charge in [-0.3, -0.25) is 4.79 Å². The number of amides is 1. The summed E-state index contributed by atoms with van der Waals surface area (Å²) in [7, 11) is 0. The summed E-state index contributed by atoms with van der Waals surface area (Å²) in [6.07, 6.45) is 0. The number of ether oxygens (including phenoxy) is 1. The van der Waals surface area contributed by atoms with E-state index < -0.39 is 5.82 Å². The summed E-state index contributed by atoms with van der Waals surface area (Å²) in [5.41, 5.74) is 2.35. The van der Waals surface area contributed by atoms with Gasteiger partial charge in [0.1, 0.15) is 5.52 Å². The highest BCUT2D eigenvalue weighted by molar-refractivity contribution is 5.78. The summed E-state index contributed by atoms with van der Waals surface area (Å²) < 4.78 is 23.9. The molecule has 23 heavy (non-hydrogen) atoms. The molecule has 6 heteroatoms. The number of aryl methyl sites for hydroxylation is 1. The summed E-state index contributed by atoms with van der Waals surface area (Å²) in [4.78, 5) is 16.0. The molecule has 2 aromatic carbocycles. The minimum absolute atomic E-state index is 0.0575. The predicted molar refractivity (Wildman–Crippen MR) is 82.5 cm³/mol. The number of aromatic nitrogens is 1. The van der Waals surface area contributed by atoms with Crippen molar-refractivity contribution in [2.24, 2.45) is 0 Å². The highest BCUT2D eigenvalue weighted by Gasteiger charge is 2.07. The number of oxazole rings is 1. The van der Waals surface area contributed by atoms with Crippen molar-refractivity contribution in [3.63, 3.8) is 0 Å². The number of carbonyl (C=O) groups is 1. The first kappa shape index (κ1) is 15.0. The first-order valence-corrected chi connectivity index (χ1v) is 7.12. The zero-order valence-electron chi connectivity index (χ0n) is 12.5. The zero-order valence-corrected chi connectivity index (χ0v) is 12.5. The summed E-state index contributed by atoms with van der Waals surface area (Å²) in [6.45, 7) is 1.87. The Balaban J connectivity index is 1.54. The lowest BCUT2D eigenvalue weighted by Gasteiger charge is -2.08. The van der Waals surface area contributed by atoms with Gasteiger partial charge in [-0.25, -0.2) is 9.37 Å². The van der Waals surface area contributed by atoms with Crippen LogP contribution in [0.1, 0.15) is 11.5 Å². The van der Waals surface area contributed by atoms with Crippen LogP contribution in [0, 0.1) is 12.7 Å². The SMILES string of the molecule is Cc1nc2cc(CNC(=O)COc3ccccc3F)ccc2o1. The van der Waals surface area contributed by atoms with Crippen LogP contribution in [0.15, 0.2) is 46.9 Å². The fraction of sp³-hybridized carbons (Fsp3) is 0.176. The van der Waals surface area contributed by atoms with Gasteiger partial charge in [0, 0.05) is 13.5 Å². The second kappa shape index (κ2) is 6.48. The molecule has 0 saturated carbocycles. The molecule has 0 unspecified atom stereocenters. The molecular weight excluding hydrogens is 299 g/mol. The lowest BCUT2D eigenvalue weighted by atomic mass is 10.2. The first-order valence-electron chi connectivity index (χ1n) is 7.12. The molecule has 3 aromatic rings. The van der Waals surface area contributed by atoms with Gasteiger partial charge in [0.25, 0.3) is 5.91 Å². The van der Waals surface area contributed by atoms with Crippen molar-refractivity contribution >= 4 is 17.0 Å². The van der Waals surface area contributed by atoms with Crippen molar-refractivity contribution in [1.82, 2.24) is 10.3 Å². The molecule has 0 fully saturated rings. The van der Waals surface area contributed by atoms with Crippen LogP contribution >= 0.6 is 0 Å². The molecule has 0 aliphatic heterocycles. The maximum atomic E-state index is 13.4. The molecule has 0 radical (unpaired) electrons. The molecule has 118 valence electrons. The van der Waals surface area contributed by atoms with Gasteiger partial charge in [0.2, 0.25) is 0 Å². The fourth-order valence-corrected chi connectivity index (χ4v) is 2.15. The molecule has 3 rings (SSSR count). The molecule has 0 spiro atoms. The first-order chi connectivity index (χ1) is 11.1. The standard InChI is InChI=1S/C17H15FN2O3/c1-11-20-14-8-12(6-7-16(14)23-11)9-19-17(21)10-22-15-5-3-2-4-13(15)18/h2-8H,9-10H2,1H3,(H,19,21). The molecule has 1 amide bonds. The van der Waals surface area contributed by atoms with E-state index in [1.165, 1.54) is 12.1 Å². The summed E-state index contributed by atoms with van der Waals surface area (Å²) >= 11 is 0. The third-order valence-corrected chi connectivity index (χ3v) is 3.24. The third-order valence-electron chi connectivity index (χ3n) is 3.24. The molecule has 0 saturated heterocycles. The van der Waals surface area contributed by atoms with E-state index in [9.17, 15) is 9.18 Å². The van der Waals surface area contributed by atoms with Gasteiger partial charge in [0.05, 0.1) is 0 Å². The largest absolute Gasteiger partial charge is 0.481 e. The van der Waals surface area contributed by atoms with E-state index in [0.29, 0.717) is 18.0 Å². The zero-order chi connectivity index (χ0) is 16.2. The minimum Gasteiger partial charge on any atom is -0.481 e. The van der Waals surface area contributed by atoms with Crippen molar-refractivity contribution in [3.05, 3.63) is 59.7 Å². The maximum absolute atomic E-state index is 13.4. The Hall–Kier alpha value is -2.89. The number of nitrogens with one attached hydrogen (secondary N) is 1. The number of hydrogen-bond donors (Lipinski definition) is 1. The number of halogens is 1. The lowest BCUT2D eigenvalue weighted by molar-refractivity contribution is -0.123. The smallest absolute Gasteiger partial charge is 0.258 e. The number of fused-ring (bicyclic) bond motifs is 1. The van der Waals surface area contributed by atoms with Crippen molar-refractivity contribution < 1.29 is 18.3 Å². The maximum Gasteiger partial charge on any atom is 0.258 e. The lowest BCUT2D eigenvalue weighted by Crippen LogP contribution is -2.28. The Morgan fingerprint density at radius 3 is 2.96 bits per heavy atom. The average molecular weight is 314 g/mol. The highest BCUT2D eigenvalue weighted by Crippen LogP contribution is 2.17. The van der Waals surface area contributed by atoms with Crippen molar-refractivity contribution in [2.75, 3.05) is 6.61 Å². The van der Waals surface area contributed by atoms with Gasteiger partial charge >= 0.3 is 0 Å². The van der Waals surface area contributed by atoms with E-state index in [-0.39, 0.29) is 18.3 Å². The van der Waals surface area contributed by atoms with Gasteiger partial charge < -0.3 is 14.5 Å². The molecule has 5 nitrogen and oxygen atoms in total. The molecular formula is C17H15FN2O3. The van der Waals surface area contributed by atoms with Gasteiger partial charge in [0.15, 0.2) is 29.6 Å². The van der Waals surface area contributed by atoms with Gasteiger partial charge in [-0.1, -0.05) is 18.2 Å². The monoisotopic (exact) mass is 314 g/mol. The van der Waals surface area contributed by atoms with Crippen LogP contribution in [-0.2, 0) is 11.3 Å². The van der Waals surface area contributed by atoms with Crippen LogP contribution in [0.4, 0.5) is 4.39 Å². The number of carbonyl (C=O) groups excluding carboxylic acids is 1. The Morgan fingerprint density at radius 1 is 1.30 bits per heavy atom. The number of benzene rings is 2. The van der Waals surface area contributed by atoms with Gasteiger partial charge in [-0.2, -0.15) is 0 Å². The Morgan fingerprint density at radius 2 is 2.13 bits per heavy atom. The number of nitrogens with zero attached hydrogens (tertiary/aromatic N) is 1. The van der Waals surface area contributed by atoms with Gasteiger partial charge in [-0.15, -0.1) is 0 Å². The van der Waals surface area contributed by atoms with E-state index in [1.54, 1.807) is 19.1 Å². The molecule has 1 aromatic heterocycles. The normalized spacial score (nSPS) is 10.7. The number of rotatable bonds is 5. The quantitative estimate of drug-likeness (QED) is 0.786. The van der Waals surface area contributed by atoms with E-state index in [1.807, 2.05) is 18.2 Å². The van der Waals surface area contributed by atoms with E-state index in [4.69, 9.17) is 9.15 Å². The average Bonchev–Trinajstić information content (AvgIpc) is 2.91. The topological polar surface area (TPSA) is 64.4 Å². The second-order valence-corrected chi connectivity index (χ2v) is 5.03. The predicted octanol–water partition coefficient (Wildman–Crippen LogP) is 2.97. The second-order valence-electron chi connectivity index (χ2n) is 5.03. The van der Waals surface area contributed by atoms with Crippen LogP contribution in [0.2, 0.25) is 0 Å². The van der Waals surface area contributed by atoms with Crippen molar-refractivity contribution in [2.45, 2.75) is 13.5 Å². The minimum atomic E-state index is -0.493. The summed E-state index contributed by atoms with van der Waals surface area (Å²) in [6, 6.07) is 11.5. The van der Waals surface area contributed by atoms with Gasteiger partial charge in [-0.05, 0) is 29.8 Å². The number of para-hydroxylation sites is 1. The number of hydrogen-bond acceptors (Lipinski definition) is 4. The van der Waals surface area contributed by atoms with Crippen LogP contribution in [-0.4, -0.2) is 17.5 Å². The van der Waals surface area contributed by atoms with E-state index in [2.05, 4.69) is 10.3 Å². The Labute approximate surface area is 132 Å². The molecule has 0 aliphatic carbocycles. The highest BCUT2D eigenvalue weighted by atomic mass is 19.1. The van der Waals surface area contributed by atoms with Crippen molar-refractivity contribution in [3.8, 4) is 5.75 Å². The van der Waals surface area contributed by atoms with Crippen molar-refractivity contribution in [1.29, 1.82) is 0 Å². The van der Waals surface area contributed by atoms with Crippen LogP contribution < -0.4 is 10.1 Å².